The number of rotatable bonds is 3. The van der Waals surface area contributed by atoms with Crippen molar-refractivity contribution in [1.29, 1.82) is 0 Å². The number of fused-ring (bicyclic) bond motifs is 1. The Kier molecular flexibility index (Phi) is 3.69. The maximum absolute atomic E-state index is 12.3. The number of hydrogen-bond acceptors (Lipinski definition) is 4. The average molecular weight is 288 g/mol. The number of ether oxygens (including phenoxy) is 1. The maximum Gasteiger partial charge on any atom is 0.240 e. The van der Waals surface area contributed by atoms with Gasteiger partial charge in [-0.2, -0.15) is 0 Å². The van der Waals surface area contributed by atoms with Crippen LogP contribution >= 0.6 is 0 Å². The van der Waals surface area contributed by atoms with Gasteiger partial charge in [-0.15, -0.1) is 0 Å². The number of para-hydroxylation sites is 1. The number of amides is 1. The monoisotopic (exact) mass is 288 g/mol. The normalized spacial score (nSPS) is 17.8. The zero-order valence-corrected chi connectivity index (χ0v) is 12.1. The fourth-order valence-corrected chi connectivity index (χ4v) is 2.69. The van der Waals surface area contributed by atoms with Crippen molar-refractivity contribution in [2.75, 3.05) is 13.2 Å². The summed E-state index contributed by atoms with van der Waals surface area (Å²) < 4.78 is 11.0. The van der Waals surface area contributed by atoms with Crippen LogP contribution in [0.5, 0.6) is 0 Å². The van der Waals surface area contributed by atoms with E-state index in [0.717, 1.165) is 22.3 Å². The number of nitrogens with two attached hydrogens (primary N) is 1. The largest absolute Gasteiger partial charge is 0.459 e. The minimum absolute atomic E-state index is 0.134. The standard InChI is InChI=1S/C16H20N2O3/c1-11-12-4-2-3-5-13(12)21-14(11)10-18-15(19)16(17)6-8-20-9-7-16/h2-5H,6-10,17H2,1H3,(H,18,19). The second kappa shape index (κ2) is 5.50. The minimum Gasteiger partial charge on any atom is -0.459 e. The third kappa shape index (κ3) is 2.66. The number of furan rings is 1. The summed E-state index contributed by atoms with van der Waals surface area (Å²) in [4.78, 5) is 12.3. The molecule has 0 saturated carbocycles. The summed E-state index contributed by atoms with van der Waals surface area (Å²) in [6.07, 6.45) is 1.11. The summed E-state index contributed by atoms with van der Waals surface area (Å²) in [5.74, 6) is 0.644. The molecule has 1 fully saturated rings. The van der Waals surface area contributed by atoms with Gasteiger partial charge in [-0.05, 0) is 25.8 Å². The molecule has 0 radical (unpaired) electrons. The van der Waals surface area contributed by atoms with Crippen molar-refractivity contribution in [3.05, 3.63) is 35.6 Å². The molecule has 1 aliphatic rings. The van der Waals surface area contributed by atoms with Gasteiger partial charge in [-0.1, -0.05) is 18.2 Å². The summed E-state index contributed by atoms with van der Waals surface area (Å²) in [6.45, 7) is 3.43. The van der Waals surface area contributed by atoms with Crippen LogP contribution in [0.1, 0.15) is 24.2 Å². The smallest absolute Gasteiger partial charge is 0.240 e. The first-order valence-electron chi connectivity index (χ1n) is 7.22. The van der Waals surface area contributed by atoms with Crippen molar-refractivity contribution in [2.24, 2.45) is 5.73 Å². The second-order valence-corrected chi connectivity index (χ2v) is 5.60. The Bertz CT molecular complexity index is 657. The van der Waals surface area contributed by atoms with Crippen molar-refractivity contribution >= 4 is 16.9 Å². The third-order valence-electron chi connectivity index (χ3n) is 4.19. The van der Waals surface area contributed by atoms with Crippen LogP contribution in [0.4, 0.5) is 0 Å². The van der Waals surface area contributed by atoms with E-state index in [4.69, 9.17) is 14.9 Å². The van der Waals surface area contributed by atoms with Crippen molar-refractivity contribution in [3.8, 4) is 0 Å². The molecule has 1 saturated heterocycles. The Hall–Kier alpha value is -1.85. The molecule has 3 N–H and O–H groups in total. The molecule has 112 valence electrons. The lowest BCUT2D eigenvalue weighted by Crippen LogP contribution is -2.56. The summed E-state index contributed by atoms with van der Waals surface area (Å²) >= 11 is 0. The molecule has 0 atom stereocenters. The lowest BCUT2D eigenvalue weighted by molar-refractivity contribution is -0.130. The molecule has 0 bridgehead atoms. The SMILES string of the molecule is Cc1c(CNC(=O)C2(N)CCOCC2)oc2ccccc12. The molecule has 0 spiro atoms. The topological polar surface area (TPSA) is 77.5 Å². The molecular formula is C16H20N2O3. The molecular weight excluding hydrogens is 268 g/mol. The molecule has 1 amide bonds. The summed E-state index contributed by atoms with van der Waals surface area (Å²) in [5, 5.41) is 3.98. The minimum atomic E-state index is -0.821. The fourth-order valence-electron chi connectivity index (χ4n) is 2.69. The highest BCUT2D eigenvalue weighted by Gasteiger charge is 2.35. The molecule has 2 heterocycles. The molecule has 3 rings (SSSR count). The first-order valence-corrected chi connectivity index (χ1v) is 7.22. The van der Waals surface area contributed by atoms with E-state index in [1.807, 2.05) is 31.2 Å². The Morgan fingerprint density at radius 3 is 2.76 bits per heavy atom. The Morgan fingerprint density at radius 2 is 2.05 bits per heavy atom. The molecule has 0 unspecified atom stereocenters. The van der Waals surface area contributed by atoms with Gasteiger partial charge in [0.25, 0.3) is 0 Å². The highest BCUT2D eigenvalue weighted by Crippen LogP contribution is 2.25. The van der Waals surface area contributed by atoms with Gasteiger partial charge in [0.05, 0.1) is 12.1 Å². The van der Waals surface area contributed by atoms with Gasteiger partial charge >= 0.3 is 0 Å². The quantitative estimate of drug-likeness (QED) is 0.903. The third-order valence-corrected chi connectivity index (χ3v) is 4.19. The summed E-state index contributed by atoms with van der Waals surface area (Å²) in [5.41, 5.74) is 7.24. The van der Waals surface area contributed by atoms with E-state index in [1.54, 1.807) is 0 Å². The van der Waals surface area contributed by atoms with Gasteiger partial charge in [0, 0.05) is 24.2 Å². The van der Waals surface area contributed by atoms with Crippen LogP contribution in [0.3, 0.4) is 0 Å². The van der Waals surface area contributed by atoms with Crippen LogP contribution in [0.2, 0.25) is 0 Å². The van der Waals surface area contributed by atoms with E-state index in [1.165, 1.54) is 0 Å². The van der Waals surface area contributed by atoms with Gasteiger partial charge in [0.1, 0.15) is 11.3 Å². The van der Waals surface area contributed by atoms with Crippen LogP contribution < -0.4 is 11.1 Å². The van der Waals surface area contributed by atoms with Gasteiger partial charge in [0.15, 0.2) is 0 Å². The predicted molar refractivity (Wildman–Crippen MR) is 79.8 cm³/mol. The van der Waals surface area contributed by atoms with E-state index in [2.05, 4.69) is 5.32 Å². The predicted octanol–water partition coefficient (Wildman–Crippen LogP) is 1.87. The molecule has 21 heavy (non-hydrogen) atoms. The van der Waals surface area contributed by atoms with Crippen LogP contribution in [-0.4, -0.2) is 24.7 Å². The zero-order valence-electron chi connectivity index (χ0n) is 12.1. The molecule has 1 aliphatic heterocycles. The highest BCUT2D eigenvalue weighted by atomic mass is 16.5. The van der Waals surface area contributed by atoms with Crippen molar-refractivity contribution in [3.63, 3.8) is 0 Å². The van der Waals surface area contributed by atoms with Crippen LogP contribution in [0.15, 0.2) is 28.7 Å². The number of nitrogens with one attached hydrogen (secondary N) is 1. The fraction of sp³-hybridized carbons (Fsp3) is 0.438. The number of hydrogen-bond donors (Lipinski definition) is 2. The second-order valence-electron chi connectivity index (χ2n) is 5.60. The molecule has 2 aromatic rings. The summed E-state index contributed by atoms with van der Waals surface area (Å²) in [7, 11) is 0. The molecule has 1 aromatic heterocycles. The number of carbonyl (C=O) groups is 1. The lowest BCUT2D eigenvalue weighted by atomic mass is 9.90. The van der Waals surface area contributed by atoms with Gasteiger partial charge in [-0.3, -0.25) is 4.79 Å². The Morgan fingerprint density at radius 1 is 1.33 bits per heavy atom. The van der Waals surface area contributed by atoms with Gasteiger partial charge in [0.2, 0.25) is 5.91 Å². The average Bonchev–Trinajstić information content (AvgIpc) is 2.82. The Balaban J connectivity index is 1.71. The molecule has 0 aliphatic carbocycles. The van der Waals surface area contributed by atoms with E-state index >= 15 is 0 Å². The van der Waals surface area contributed by atoms with Crippen molar-refractivity contribution in [1.82, 2.24) is 5.32 Å². The molecule has 5 heteroatoms. The number of aryl methyl sites for hydroxylation is 1. The van der Waals surface area contributed by atoms with Crippen molar-refractivity contribution < 1.29 is 13.9 Å². The van der Waals surface area contributed by atoms with E-state index in [-0.39, 0.29) is 5.91 Å². The zero-order chi connectivity index (χ0) is 14.9. The van der Waals surface area contributed by atoms with Crippen LogP contribution in [-0.2, 0) is 16.1 Å². The number of carbonyl (C=O) groups excluding carboxylic acids is 1. The van der Waals surface area contributed by atoms with E-state index in [9.17, 15) is 4.79 Å². The first-order chi connectivity index (χ1) is 10.1. The molecule has 5 nitrogen and oxygen atoms in total. The maximum atomic E-state index is 12.3. The molecule has 1 aromatic carbocycles. The van der Waals surface area contributed by atoms with Crippen molar-refractivity contribution in [2.45, 2.75) is 31.8 Å². The van der Waals surface area contributed by atoms with E-state index in [0.29, 0.717) is 32.6 Å². The highest BCUT2D eigenvalue weighted by molar-refractivity contribution is 5.86. The summed E-state index contributed by atoms with van der Waals surface area (Å²) in [6, 6.07) is 7.85. The van der Waals surface area contributed by atoms with Gasteiger partial charge in [-0.25, -0.2) is 0 Å². The number of benzene rings is 1. The van der Waals surface area contributed by atoms with E-state index < -0.39 is 5.54 Å². The van der Waals surface area contributed by atoms with Crippen LogP contribution in [0, 0.1) is 6.92 Å². The first kappa shape index (κ1) is 14.1. The Labute approximate surface area is 123 Å². The van der Waals surface area contributed by atoms with Gasteiger partial charge < -0.3 is 20.2 Å². The van der Waals surface area contributed by atoms with Crippen LogP contribution in [0.25, 0.3) is 11.0 Å². The lowest BCUT2D eigenvalue weighted by Gasteiger charge is -2.31.